The monoisotopic (exact) mass is 272 g/mol. The van der Waals surface area contributed by atoms with Crippen LogP contribution in [0.1, 0.15) is 6.42 Å². The fourth-order valence-electron chi connectivity index (χ4n) is 2.50. The average molecular weight is 272 g/mol. The number of allylic oxidation sites excluding steroid dienone is 2. The van der Waals surface area contributed by atoms with Crippen molar-refractivity contribution in [1.29, 1.82) is 0 Å². The molecule has 108 valence electrons. The van der Waals surface area contributed by atoms with E-state index < -0.39 is 23.8 Å². The number of aliphatic hydroxyl groups excluding tert-OH is 2. The van der Waals surface area contributed by atoms with Crippen LogP contribution in [0.5, 0.6) is 0 Å². The normalized spacial score (nSPS) is 29.8. The first-order valence-corrected chi connectivity index (χ1v) is 5.88. The molecule has 1 saturated carbocycles. The van der Waals surface area contributed by atoms with E-state index in [9.17, 15) is 9.59 Å². The van der Waals surface area contributed by atoms with Crippen LogP contribution in [0.15, 0.2) is 25.3 Å². The maximum absolute atomic E-state index is 10.8. The molecule has 0 heterocycles. The van der Waals surface area contributed by atoms with Crippen molar-refractivity contribution in [1.82, 2.24) is 0 Å². The Labute approximate surface area is 111 Å². The molecule has 4 atom stereocenters. The van der Waals surface area contributed by atoms with Crippen molar-refractivity contribution in [3.05, 3.63) is 25.3 Å². The van der Waals surface area contributed by atoms with Gasteiger partial charge in [0, 0.05) is 0 Å². The van der Waals surface area contributed by atoms with Gasteiger partial charge in [-0.2, -0.15) is 0 Å². The van der Waals surface area contributed by atoms with Crippen LogP contribution in [0.2, 0.25) is 0 Å². The summed E-state index contributed by atoms with van der Waals surface area (Å²) < 4.78 is 0. The number of rotatable bonds is 3. The zero-order valence-corrected chi connectivity index (χ0v) is 10.6. The lowest BCUT2D eigenvalue weighted by atomic mass is 9.83. The van der Waals surface area contributed by atoms with Crippen LogP contribution in [-0.2, 0) is 9.59 Å². The summed E-state index contributed by atoms with van der Waals surface area (Å²) in [5, 5.41) is 33.0. The van der Waals surface area contributed by atoms with E-state index in [2.05, 4.69) is 13.2 Å². The first kappa shape index (κ1) is 17.3. The van der Waals surface area contributed by atoms with Crippen molar-refractivity contribution < 1.29 is 30.0 Å². The second-order valence-electron chi connectivity index (χ2n) is 4.12. The number of fused-ring (bicyclic) bond motifs is 2. The molecule has 0 aromatic rings. The van der Waals surface area contributed by atoms with Gasteiger partial charge in [-0.1, -0.05) is 12.2 Å². The Balaban J connectivity index is 0.000000467. The lowest BCUT2D eigenvalue weighted by molar-refractivity contribution is -0.154. The first-order chi connectivity index (χ1) is 9.02. The number of carbonyl (C=O) groups is 2. The van der Waals surface area contributed by atoms with Crippen molar-refractivity contribution >= 4 is 11.9 Å². The van der Waals surface area contributed by atoms with Gasteiger partial charge in [0.1, 0.15) is 0 Å². The lowest BCUT2D eigenvalue weighted by Crippen LogP contribution is -2.32. The van der Waals surface area contributed by atoms with E-state index in [1.54, 1.807) is 0 Å². The van der Waals surface area contributed by atoms with E-state index in [0.717, 1.165) is 0 Å². The molecule has 0 saturated heterocycles. The minimum absolute atomic E-state index is 0.0661. The molecule has 0 radical (unpaired) electrons. The molecule has 0 amide bonds. The SMILES string of the molecule is C=C.O=C(O)C1C2C=CC(C2)C1C(=O)O.OCCO. The Hall–Kier alpha value is -1.66. The lowest BCUT2D eigenvalue weighted by Gasteiger charge is -2.20. The van der Waals surface area contributed by atoms with Gasteiger partial charge in [0.25, 0.3) is 0 Å². The van der Waals surface area contributed by atoms with Crippen molar-refractivity contribution in [2.75, 3.05) is 13.2 Å². The fourth-order valence-corrected chi connectivity index (χ4v) is 2.50. The highest BCUT2D eigenvalue weighted by Gasteiger charge is 2.51. The summed E-state index contributed by atoms with van der Waals surface area (Å²) in [6, 6.07) is 0. The standard InChI is InChI=1S/C9H10O4.C2H6O2.C2H4/c10-8(11)6-4-1-2-5(3-4)7(6)9(12)13;3-1-2-4;1-2/h1-2,4-7H,3H2,(H,10,11)(H,12,13);3-4H,1-2H2;1-2H2. The topological polar surface area (TPSA) is 115 Å². The largest absolute Gasteiger partial charge is 0.481 e. The highest BCUT2D eigenvalue weighted by molar-refractivity contribution is 5.82. The van der Waals surface area contributed by atoms with Crippen LogP contribution < -0.4 is 0 Å². The van der Waals surface area contributed by atoms with E-state index >= 15 is 0 Å². The van der Waals surface area contributed by atoms with Crippen LogP contribution in [-0.4, -0.2) is 45.6 Å². The molecule has 0 aliphatic heterocycles. The zero-order chi connectivity index (χ0) is 15.0. The van der Waals surface area contributed by atoms with Crippen LogP contribution in [0.25, 0.3) is 0 Å². The summed E-state index contributed by atoms with van der Waals surface area (Å²) in [6.45, 7) is 5.75. The molecule has 2 aliphatic rings. The predicted octanol–water partition coefficient (Wildman–Crippen LogP) is 0.367. The Bertz CT molecular complexity index is 308. The zero-order valence-electron chi connectivity index (χ0n) is 10.6. The average Bonchev–Trinajstić information content (AvgIpc) is 3.01. The molecule has 0 aromatic carbocycles. The Morgan fingerprint density at radius 1 is 0.947 bits per heavy atom. The van der Waals surface area contributed by atoms with Crippen molar-refractivity contribution in [3.63, 3.8) is 0 Å². The van der Waals surface area contributed by atoms with Crippen molar-refractivity contribution in [2.24, 2.45) is 23.7 Å². The number of aliphatic carboxylic acids is 2. The van der Waals surface area contributed by atoms with Crippen LogP contribution >= 0.6 is 0 Å². The van der Waals surface area contributed by atoms with Crippen LogP contribution in [0.4, 0.5) is 0 Å². The van der Waals surface area contributed by atoms with Gasteiger partial charge < -0.3 is 20.4 Å². The Morgan fingerprint density at radius 3 is 1.47 bits per heavy atom. The first-order valence-electron chi connectivity index (χ1n) is 5.88. The van der Waals surface area contributed by atoms with Crippen LogP contribution in [0.3, 0.4) is 0 Å². The third-order valence-corrected chi connectivity index (χ3v) is 3.13. The molecule has 4 N–H and O–H groups in total. The minimum atomic E-state index is -0.982. The van der Waals surface area contributed by atoms with Gasteiger partial charge in [-0.25, -0.2) is 0 Å². The molecule has 6 nitrogen and oxygen atoms in total. The van der Waals surface area contributed by atoms with E-state index in [-0.39, 0.29) is 25.0 Å². The number of carboxylic acid groups (broad SMARTS) is 2. The highest BCUT2D eigenvalue weighted by atomic mass is 16.4. The van der Waals surface area contributed by atoms with Gasteiger partial charge in [0.2, 0.25) is 0 Å². The fraction of sp³-hybridized carbons (Fsp3) is 0.538. The summed E-state index contributed by atoms with van der Waals surface area (Å²) in [5.74, 6) is -3.53. The molecule has 6 heteroatoms. The second-order valence-corrected chi connectivity index (χ2v) is 4.12. The quantitative estimate of drug-likeness (QED) is 0.552. The predicted molar refractivity (Wildman–Crippen MR) is 68.4 cm³/mol. The minimum Gasteiger partial charge on any atom is -0.481 e. The summed E-state index contributed by atoms with van der Waals surface area (Å²) in [5.41, 5.74) is 0. The highest BCUT2D eigenvalue weighted by Crippen LogP contribution is 2.48. The van der Waals surface area contributed by atoms with Crippen molar-refractivity contribution in [3.8, 4) is 0 Å². The third kappa shape index (κ3) is 4.18. The number of carboxylic acids is 2. The summed E-state index contributed by atoms with van der Waals surface area (Å²) in [7, 11) is 0. The number of hydrogen-bond acceptors (Lipinski definition) is 4. The van der Waals surface area contributed by atoms with E-state index in [1.807, 2.05) is 12.2 Å². The van der Waals surface area contributed by atoms with Gasteiger partial charge in [-0.15, -0.1) is 13.2 Å². The molecule has 0 spiro atoms. The second kappa shape index (κ2) is 8.44. The van der Waals surface area contributed by atoms with Crippen molar-refractivity contribution in [2.45, 2.75) is 6.42 Å². The maximum atomic E-state index is 10.8. The molecule has 2 rings (SSSR count). The Morgan fingerprint density at radius 2 is 1.26 bits per heavy atom. The summed E-state index contributed by atoms with van der Waals surface area (Å²) in [6.07, 6.45) is 4.36. The van der Waals surface area contributed by atoms with Gasteiger partial charge in [-0.05, 0) is 18.3 Å². The molecule has 2 bridgehead atoms. The molecule has 4 unspecified atom stereocenters. The molecular weight excluding hydrogens is 252 g/mol. The van der Waals surface area contributed by atoms with Gasteiger partial charge in [-0.3, -0.25) is 9.59 Å². The number of hydrogen-bond donors (Lipinski definition) is 4. The smallest absolute Gasteiger partial charge is 0.307 e. The van der Waals surface area contributed by atoms with Gasteiger partial charge in [0.15, 0.2) is 0 Å². The summed E-state index contributed by atoms with van der Waals surface area (Å²) in [4.78, 5) is 21.6. The molecule has 2 aliphatic carbocycles. The van der Waals surface area contributed by atoms with E-state index in [4.69, 9.17) is 20.4 Å². The number of aliphatic hydroxyl groups is 2. The van der Waals surface area contributed by atoms with Gasteiger partial charge in [0.05, 0.1) is 25.0 Å². The van der Waals surface area contributed by atoms with Crippen LogP contribution in [0, 0.1) is 23.7 Å². The maximum Gasteiger partial charge on any atom is 0.307 e. The van der Waals surface area contributed by atoms with E-state index in [0.29, 0.717) is 6.42 Å². The molecule has 1 fully saturated rings. The Kier molecular flexibility index (Phi) is 7.71. The van der Waals surface area contributed by atoms with E-state index in [1.165, 1.54) is 0 Å². The third-order valence-electron chi connectivity index (χ3n) is 3.13. The summed E-state index contributed by atoms with van der Waals surface area (Å²) >= 11 is 0. The molecule has 19 heavy (non-hydrogen) atoms. The molecular formula is C13H20O6. The molecule has 0 aromatic heterocycles. The van der Waals surface area contributed by atoms with Gasteiger partial charge >= 0.3 is 11.9 Å².